The third-order valence-electron chi connectivity index (χ3n) is 5.81. The average Bonchev–Trinajstić information content (AvgIpc) is 2.59. The second-order valence-corrected chi connectivity index (χ2v) is 13.7. The van der Waals surface area contributed by atoms with E-state index in [1.165, 1.54) is 5.56 Å². The molecule has 0 saturated carbocycles. The number of piperidine rings is 1. The highest BCUT2D eigenvalue weighted by molar-refractivity contribution is 6.74. The highest BCUT2D eigenvalue weighted by atomic mass is 28.4. The first-order chi connectivity index (χ1) is 12.2. The third kappa shape index (κ3) is 6.22. The van der Waals surface area contributed by atoms with E-state index in [1.807, 2.05) is 0 Å². The Morgan fingerprint density at radius 1 is 1.27 bits per heavy atom. The molecule has 2 N–H and O–H groups in total. The van der Waals surface area contributed by atoms with Crippen LogP contribution in [-0.2, 0) is 9.22 Å². The molecule has 1 aliphatic heterocycles. The van der Waals surface area contributed by atoms with Crippen molar-refractivity contribution in [3.8, 4) is 0 Å². The monoisotopic (exact) mass is 376 g/mol. The minimum absolute atomic E-state index is 0.169. The molecule has 146 valence electrons. The van der Waals surface area contributed by atoms with Gasteiger partial charge in [-0.3, -0.25) is 4.79 Å². The van der Waals surface area contributed by atoms with Crippen LogP contribution < -0.4 is 10.6 Å². The lowest BCUT2D eigenvalue weighted by atomic mass is 9.99. The van der Waals surface area contributed by atoms with Gasteiger partial charge in [0, 0.05) is 31.7 Å². The van der Waals surface area contributed by atoms with Crippen LogP contribution in [0.1, 0.15) is 58.1 Å². The normalized spacial score (nSPS) is 19.9. The van der Waals surface area contributed by atoms with Gasteiger partial charge in [0.05, 0.1) is 0 Å². The summed E-state index contributed by atoms with van der Waals surface area (Å²) in [7, 11) is -1.67. The SMILES string of the molecule is CC(C)(C)[Si](C)(C)OCCCC(NC1CCC(=O)NC1)c1ccccc1. The second kappa shape index (κ2) is 9.15. The van der Waals surface area contributed by atoms with E-state index < -0.39 is 8.32 Å². The molecule has 5 heteroatoms. The number of hydrogen-bond donors (Lipinski definition) is 2. The molecule has 1 amide bonds. The first-order valence-electron chi connectivity index (χ1n) is 9.91. The number of rotatable bonds is 8. The van der Waals surface area contributed by atoms with Crippen molar-refractivity contribution in [2.75, 3.05) is 13.2 Å². The van der Waals surface area contributed by atoms with E-state index in [0.717, 1.165) is 32.4 Å². The predicted octanol–water partition coefficient (Wildman–Crippen LogP) is 4.40. The standard InChI is InChI=1S/C21H36N2O2Si/c1-21(2,3)26(4,5)25-15-9-12-19(17-10-7-6-8-11-17)23-18-13-14-20(24)22-16-18/h6-8,10-11,18-19,23H,9,12-16H2,1-5H3,(H,22,24). The summed E-state index contributed by atoms with van der Waals surface area (Å²) in [6, 6.07) is 11.3. The van der Waals surface area contributed by atoms with Crippen LogP contribution in [0, 0.1) is 0 Å². The summed E-state index contributed by atoms with van der Waals surface area (Å²) in [5.41, 5.74) is 1.32. The minimum Gasteiger partial charge on any atom is -0.417 e. The van der Waals surface area contributed by atoms with E-state index in [9.17, 15) is 4.79 Å². The van der Waals surface area contributed by atoms with E-state index in [0.29, 0.717) is 18.5 Å². The lowest BCUT2D eigenvalue weighted by Gasteiger charge is -2.36. The van der Waals surface area contributed by atoms with Crippen molar-refractivity contribution in [1.29, 1.82) is 0 Å². The Morgan fingerprint density at radius 3 is 2.54 bits per heavy atom. The molecule has 0 aromatic heterocycles. The van der Waals surface area contributed by atoms with Gasteiger partial charge in [0.15, 0.2) is 8.32 Å². The van der Waals surface area contributed by atoms with Gasteiger partial charge in [-0.15, -0.1) is 0 Å². The van der Waals surface area contributed by atoms with Gasteiger partial charge in [-0.2, -0.15) is 0 Å². The first kappa shape index (κ1) is 21.1. The van der Waals surface area contributed by atoms with Crippen molar-refractivity contribution in [2.45, 2.75) is 76.7 Å². The van der Waals surface area contributed by atoms with Crippen LogP contribution in [0.4, 0.5) is 0 Å². The number of carbonyl (C=O) groups is 1. The summed E-state index contributed by atoms with van der Waals surface area (Å²) in [6.07, 6.45) is 3.62. The average molecular weight is 377 g/mol. The Balaban J connectivity index is 1.89. The van der Waals surface area contributed by atoms with Crippen molar-refractivity contribution in [3.05, 3.63) is 35.9 Å². The molecule has 1 aromatic rings. The maximum absolute atomic E-state index is 11.4. The lowest BCUT2D eigenvalue weighted by Crippen LogP contribution is -2.46. The Kier molecular flexibility index (Phi) is 7.44. The van der Waals surface area contributed by atoms with E-state index >= 15 is 0 Å². The van der Waals surface area contributed by atoms with Gasteiger partial charge in [-0.1, -0.05) is 51.1 Å². The molecule has 4 nitrogen and oxygen atoms in total. The molecule has 1 fully saturated rings. The van der Waals surface area contributed by atoms with E-state index in [4.69, 9.17) is 4.43 Å². The van der Waals surface area contributed by atoms with Crippen molar-refractivity contribution >= 4 is 14.2 Å². The van der Waals surface area contributed by atoms with Crippen LogP contribution in [0.15, 0.2) is 30.3 Å². The van der Waals surface area contributed by atoms with Gasteiger partial charge in [-0.25, -0.2) is 0 Å². The lowest BCUT2D eigenvalue weighted by molar-refractivity contribution is -0.122. The molecule has 1 aliphatic rings. The largest absolute Gasteiger partial charge is 0.417 e. The molecule has 0 radical (unpaired) electrons. The maximum Gasteiger partial charge on any atom is 0.220 e. The van der Waals surface area contributed by atoms with Crippen LogP contribution in [-0.4, -0.2) is 33.4 Å². The molecule has 0 aliphatic carbocycles. The molecule has 1 aromatic carbocycles. The van der Waals surface area contributed by atoms with Gasteiger partial charge in [0.1, 0.15) is 0 Å². The Morgan fingerprint density at radius 2 is 1.96 bits per heavy atom. The summed E-state index contributed by atoms with van der Waals surface area (Å²) >= 11 is 0. The van der Waals surface area contributed by atoms with E-state index in [2.05, 4.69) is 74.8 Å². The number of amides is 1. The van der Waals surface area contributed by atoms with Crippen LogP contribution in [0.3, 0.4) is 0 Å². The smallest absolute Gasteiger partial charge is 0.220 e. The van der Waals surface area contributed by atoms with Crippen LogP contribution in [0.25, 0.3) is 0 Å². The summed E-state index contributed by atoms with van der Waals surface area (Å²) in [6.45, 7) is 13.0. The molecule has 0 bridgehead atoms. The number of carbonyl (C=O) groups excluding carboxylic acids is 1. The maximum atomic E-state index is 11.4. The molecular weight excluding hydrogens is 340 g/mol. The number of benzene rings is 1. The highest BCUT2D eigenvalue weighted by Gasteiger charge is 2.36. The third-order valence-corrected chi connectivity index (χ3v) is 10.3. The topological polar surface area (TPSA) is 50.4 Å². The summed E-state index contributed by atoms with van der Waals surface area (Å²) in [5, 5.41) is 6.99. The molecule has 1 saturated heterocycles. The Hall–Kier alpha value is -1.17. The van der Waals surface area contributed by atoms with Gasteiger partial charge in [0.2, 0.25) is 5.91 Å². The van der Waals surface area contributed by atoms with Crippen molar-refractivity contribution in [3.63, 3.8) is 0 Å². The molecule has 0 spiro atoms. The van der Waals surface area contributed by atoms with Gasteiger partial charge in [-0.05, 0) is 43.0 Å². The molecule has 1 heterocycles. The number of hydrogen-bond acceptors (Lipinski definition) is 3. The van der Waals surface area contributed by atoms with Gasteiger partial charge >= 0.3 is 0 Å². The quantitative estimate of drug-likeness (QED) is 0.522. The summed E-state index contributed by atoms with van der Waals surface area (Å²) in [4.78, 5) is 11.4. The minimum atomic E-state index is -1.67. The Bertz CT molecular complexity index is 559. The van der Waals surface area contributed by atoms with Gasteiger partial charge < -0.3 is 15.1 Å². The van der Waals surface area contributed by atoms with Crippen LogP contribution in [0.2, 0.25) is 18.1 Å². The fourth-order valence-electron chi connectivity index (χ4n) is 3.02. The highest BCUT2D eigenvalue weighted by Crippen LogP contribution is 2.36. The number of nitrogens with one attached hydrogen (secondary N) is 2. The predicted molar refractivity (Wildman–Crippen MR) is 111 cm³/mol. The van der Waals surface area contributed by atoms with Crippen molar-refractivity contribution in [2.24, 2.45) is 0 Å². The molecule has 2 unspecified atom stereocenters. The molecular formula is C21H36N2O2Si. The van der Waals surface area contributed by atoms with Crippen molar-refractivity contribution < 1.29 is 9.22 Å². The zero-order chi connectivity index (χ0) is 19.2. The van der Waals surface area contributed by atoms with E-state index in [1.54, 1.807) is 0 Å². The zero-order valence-corrected chi connectivity index (χ0v) is 18.1. The van der Waals surface area contributed by atoms with Crippen LogP contribution in [0.5, 0.6) is 0 Å². The molecule has 26 heavy (non-hydrogen) atoms. The second-order valence-electron chi connectivity index (χ2n) is 8.92. The molecule has 2 rings (SSSR count). The van der Waals surface area contributed by atoms with Crippen molar-refractivity contribution in [1.82, 2.24) is 10.6 Å². The summed E-state index contributed by atoms with van der Waals surface area (Å²) in [5.74, 6) is 0.169. The fraction of sp³-hybridized carbons (Fsp3) is 0.667. The van der Waals surface area contributed by atoms with E-state index in [-0.39, 0.29) is 10.9 Å². The first-order valence-corrected chi connectivity index (χ1v) is 12.8. The van der Waals surface area contributed by atoms with Gasteiger partial charge in [0.25, 0.3) is 0 Å². The summed E-state index contributed by atoms with van der Waals surface area (Å²) < 4.78 is 6.34. The zero-order valence-electron chi connectivity index (χ0n) is 17.1. The molecule has 2 atom stereocenters. The fourth-order valence-corrected chi connectivity index (χ4v) is 4.11. The Labute approximate surface area is 160 Å². The van der Waals surface area contributed by atoms with Crippen LogP contribution >= 0.6 is 0 Å².